The third-order valence-electron chi connectivity index (χ3n) is 2.94. The molecule has 0 saturated heterocycles. The van der Waals surface area contributed by atoms with Gasteiger partial charge in [0.1, 0.15) is 5.78 Å². The lowest BCUT2D eigenvalue weighted by molar-refractivity contribution is -0.115. The molecular formula is C15H17N3O4. The maximum Gasteiger partial charge on any atom is 0.444 e. The predicted octanol–water partition coefficient (Wildman–Crippen LogP) is 2.21. The van der Waals surface area contributed by atoms with E-state index in [1.165, 1.54) is 14.0 Å². The lowest BCUT2D eigenvalue weighted by Crippen LogP contribution is -2.13. The van der Waals surface area contributed by atoms with Gasteiger partial charge in [0.15, 0.2) is 0 Å². The van der Waals surface area contributed by atoms with Crippen LogP contribution in [0.15, 0.2) is 32.4 Å². The van der Waals surface area contributed by atoms with Crippen LogP contribution >= 0.6 is 0 Å². The fourth-order valence-electron chi connectivity index (χ4n) is 2.01. The lowest BCUT2D eigenvalue weighted by atomic mass is 10.1. The maximum atomic E-state index is 11.7. The molecule has 2 aromatic rings. The molecule has 0 spiro atoms. The molecule has 1 heterocycles. The molecule has 2 rings (SSSR count). The zero-order valence-electron chi connectivity index (χ0n) is 12.9. The second kappa shape index (κ2) is 6.38. The minimum atomic E-state index is -0.625. The summed E-state index contributed by atoms with van der Waals surface area (Å²) in [5.74, 6) is -0.558. The van der Waals surface area contributed by atoms with Crippen molar-refractivity contribution in [2.24, 2.45) is 4.99 Å². The van der Waals surface area contributed by atoms with Gasteiger partial charge >= 0.3 is 11.8 Å². The van der Waals surface area contributed by atoms with Gasteiger partial charge in [-0.3, -0.25) is 9.79 Å². The molecule has 0 atom stereocenters. The molecule has 22 heavy (non-hydrogen) atoms. The molecule has 0 N–H and O–H groups in total. The van der Waals surface area contributed by atoms with E-state index in [0.29, 0.717) is 12.1 Å². The summed E-state index contributed by atoms with van der Waals surface area (Å²) >= 11 is 0. The number of methoxy groups -OCH3 is 1. The molecule has 116 valence electrons. The molecule has 0 aliphatic heterocycles. The molecule has 0 radical (unpaired) electrons. The molecule has 0 bridgehead atoms. The summed E-state index contributed by atoms with van der Waals surface area (Å²) in [6.07, 6.45) is 0.225. The van der Waals surface area contributed by atoms with Crippen molar-refractivity contribution >= 4 is 17.2 Å². The average Bonchev–Trinajstić information content (AvgIpc) is 2.81. The van der Waals surface area contributed by atoms with E-state index in [2.05, 4.69) is 10.1 Å². The monoisotopic (exact) mass is 303 g/mol. The van der Waals surface area contributed by atoms with Gasteiger partial charge in [-0.25, -0.2) is 4.79 Å². The first-order valence-corrected chi connectivity index (χ1v) is 6.69. The SMILES string of the molecule is COc1nn(-c2ccc(N=C(C)CC(C)=O)c(C)c2)c(=O)o1. The third kappa shape index (κ3) is 3.49. The van der Waals surface area contributed by atoms with Gasteiger partial charge in [-0.05, 0) is 44.5 Å². The summed E-state index contributed by atoms with van der Waals surface area (Å²) in [6.45, 7) is 5.20. The number of carbonyl (C=O) groups is 1. The zero-order valence-corrected chi connectivity index (χ0v) is 12.9. The highest BCUT2D eigenvalue weighted by Crippen LogP contribution is 2.22. The molecular weight excluding hydrogens is 286 g/mol. The van der Waals surface area contributed by atoms with Crippen molar-refractivity contribution in [2.45, 2.75) is 27.2 Å². The summed E-state index contributed by atoms with van der Waals surface area (Å²) in [6, 6.07) is 5.24. The second-order valence-corrected chi connectivity index (χ2v) is 4.95. The topological polar surface area (TPSA) is 86.7 Å². The van der Waals surface area contributed by atoms with Crippen molar-refractivity contribution in [3.63, 3.8) is 0 Å². The molecule has 1 aromatic heterocycles. The van der Waals surface area contributed by atoms with E-state index >= 15 is 0 Å². The number of hydrogen-bond donors (Lipinski definition) is 0. The third-order valence-corrected chi connectivity index (χ3v) is 2.94. The van der Waals surface area contributed by atoms with Crippen LogP contribution in [0.25, 0.3) is 5.69 Å². The lowest BCUT2D eigenvalue weighted by Gasteiger charge is -2.05. The molecule has 1 aromatic carbocycles. The van der Waals surface area contributed by atoms with Crippen molar-refractivity contribution in [1.82, 2.24) is 9.78 Å². The zero-order chi connectivity index (χ0) is 16.3. The number of Topliss-reactive ketones (excluding diaryl/α,β-unsaturated/α-hetero) is 1. The number of aromatic nitrogens is 2. The minimum absolute atomic E-state index is 0.0665. The number of aryl methyl sites for hydroxylation is 1. The van der Waals surface area contributed by atoms with Crippen molar-refractivity contribution in [1.29, 1.82) is 0 Å². The van der Waals surface area contributed by atoms with Crippen LogP contribution in [-0.2, 0) is 4.79 Å². The Kier molecular flexibility index (Phi) is 4.55. The van der Waals surface area contributed by atoms with Gasteiger partial charge in [-0.15, -0.1) is 0 Å². The molecule has 0 amide bonds. The second-order valence-electron chi connectivity index (χ2n) is 4.95. The maximum absolute atomic E-state index is 11.7. The number of rotatable bonds is 5. The van der Waals surface area contributed by atoms with E-state index in [4.69, 9.17) is 9.15 Å². The number of aliphatic imine (C=N–C) groups is 1. The van der Waals surface area contributed by atoms with Crippen molar-refractivity contribution < 1.29 is 13.9 Å². The van der Waals surface area contributed by atoms with Crippen LogP contribution < -0.4 is 10.5 Å². The summed E-state index contributed by atoms with van der Waals surface area (Å²) in [5, 5.41) is 3.90. The number of ether oxygens (including phenoxy) is 1. The van der Waals surface area contributed by atoms with Gasteiger partial charge in [0, 0.05) is 12.1 Å². The Morgan fingerprint density at radius 3 is 2.68 bits per heavy atom. The van der Waals surface area contributed by atoms with E-state index in [0.717, 1.165) is 21.6 Å². The molecule has 0 unspecified atom stereocenters. The van der Waals surface area contributed by atoms with E-state index in [1.807, 2.05) is 13.8 Å². The summed E-state index contributed by atoms with van der Waals surface area (Å²) in [4.78, 5) is 27.2. The highest BCUT2D eigenvalue weighted by atomic mass is 16.6. The highest BCUT2D eigenvalue weighted by molar-refractivity contribution is 6.00. The minimum Gasteiger partial charge on any atom is -0.452 e. The summed E-state index contributed by atoms with van der Waals surface area (Å²) < 4.78 is 10.7. The standard InChI is InChI=1S/C15H17N3O4/c1-9-7-12(18-15(20)22-14(17-18)21-4)5-6-13(9)16-10(2)8-11(3)19/h5-7H,8H2,1-4H3. The normalized spacial score (nSPS) is 11.5. The van der Waals surface area contributed by atoms with Crippen LogP contribution in [0.2, 0.25) is 0 Å². The molecule has 0 saturated carbocycles. The van der Waals surface area contributed by atoms with Crippen molar-refractivity contribution in [3.05, 3.63) is 34.3 Å². The van der Waals surface area contributed by atoms with Gasteiger partial charge in [0.25, 0.3) is 0 Å². The Bertz CT molecular complexity index is 786. The highest BCUT2D eigenvalue weighted by Gasteiger charge is 2.11. The number of nitrogens with zero attached hydrogens (tertiary/aromatic N) is 3. The summed E-state index contributed by atoms with van der Waals surface area (Å²) in [7, 11) is 1.37. The van der Waals surface area contributed by atoms with Crippen LogP contribution in [0.1, 0.15) is 25.8 Å². The Labute approximate surface area is 127 Å². The van der Waals surface area contributed by atoms with Crippen LogP contribution in [0.5, 0.6) is 6.08 Å². The van der Waals surface area contributed by atoms with Crippen LogP contribution in [0.3, 0.4) is 0 Å². The number of ketones is 1. The van der Waals surface area contributed by atoms with E-state index in [1.54, 1.807) is 18.2 Å². The number of carbonyl (C=O) groups excluding carboxylic acids is 1. The average molecular weight is 303 g/mol. The Balaban J connectivity index is 2.35. The Morgan fingerprint density at radius 1 is 1.41 bits per heavy atom. The Morgan fingerprint density at radius 2 is 2.14 bits per heavy atom. The molecule has 7 heteroatoms. The molecule has 0 aliphatic rings. The van der Waals surface area contributed by atoms with Crippen LogP contribution in [0.4, 0.5) is 5.69 Å². The Hall–Kier alpha value is -2.70. The number of benzene rings is 1. The van der Waals surface area contributed by atoms with Crippen LogP contribution in [0, 0.1) is 6.92 Å². The van der Waals surface area contributed by atoms with E-state index in [-0.39, 0.29) is 11.9 Å². The van der Waals surface area contributed by atoms with Gasteiger partial charge in [0.05, 0.1) is 18.5 Å². The summed E-state index contributed by atoms with van der Waals surface area (Å²) in [5.41, 5.74) is 2.89. The van der Waals surface area contributed by atoms with E-state index < -0.39 is 5.76 Å². The first-order valence-electron chi connectivity index (χ1n) is 6.69. The first kappa shape index (κ1) is 15.7. The van der Waals surface area contributed by atoms with E-state index in [9.17, 15) is 9.59 Å². The van der Waals surface area contributed by atoms with Gasteiger partial charge in [-0.1, -0.05) is 5.10 Å². The fourth-order valence-corrected chi connectivity index (χ4v) is 2.01. The first-order chi connectivity index (χ1) is 10.4. The van der Waals surface area contributed by atoms with Crippen LogP contribution in [-0.4, -0.2) is 28.4 Å². The number of hydrogen-bond acceptors (Lipinski definition) is 6. The smallest absolute Gasteiger partial charge is 0.444 e. The molecule has 0 aliphatic carbocycles. The molecule has 7 nitrogen and oxygen atoms in total. The van der Waals surface area contributed by atoms with Gasteiger partial charge in [0.2, 0.25) is 0 Å². The fraction of sp³-hybridized carbons (Fsp3) is 0.333. The predicted molar refractivity (Wildman–Crippen MR) is 81.5 cm³/mol. The van der Waals surface area contributed by atoms with Crippen molar-refractivity contribution in [2.75, 3.05) is 7.11 Å². The van der Waals surface area contributed by atoms with Gasteiger partial charge < -0.3 is 9.15 Å². The molecule has 0 fully saturated rings. The largest absolute Gasteiger partial charge is 0.452 e. The quantitative estimate of drug-likeness (QED) is 0.790. The van der Waals surface area contributed by atoms with Gasteiger partial charge in [-0.2, -0.15) is 4.68 Å². The van der Waals surface area contributed by atoms with Crippen molar-refractivity contribution in [3.8, 4) is 11.8 Å².